The van der Waals surface area contributed by atoms with E-state index in [1.165, 1.54) is 0 Å². The zero-order chi connectivity index (χ0) is 13.3. The smallest absolute Gasteiger partial charge is 0.242 e. The minimum absolute atomic E-state index is 0.0254. The monoisotopic (exact) mass is 260 g/mol. The maximum atomic E-state index is 12.4. The van der Waals surface area contributed by atoms with Gasteiger partial charge in [0.2, 0.25) is 5.91 Å². The number of rotatable bonds is 2. The summed E-state index contributed by atoms with van der Waals surface area (Å²) in [5.41, 5.74) is 6.66. The normalized spacial score (nSPS) is 25.7. The van der Waals surface area contributed by atoms with Crippen molar-refractivity contribution < 1.29 is 9.53 Å². The van der Waals surface area contributed by atoms with E-state index in [0.717, 1.165) is 24.8 Å². The lowest BCUT2D eigenvalue weighted by molar-refractivity contribution is -0.148. The van der Waals surface area contributed by atoms with E-state index < -0.39 is 5.54 Å². The largest absolute Gasteiger partial charge is 0.370 e. The Hall–Kier alpha value is -1.39. The van der Waals surface area contributed by atoms with Gasteiger partial charge in [-0.3, -0.25) is 4.79 Å². The Morgan fingerprint density at radius 2 is 2.05 bits per heavy atom. The van der Waals surface area contributed by atoms with E-state index in [9.17, 15) is 4.79 Å². The Balaban J connectivity index is 1.70. The Bertz CT molecular complexity index is 456. The van der Waals surface area contributed by atoms with Gasteiger partial charge in [0.25, 0.3) is 0 Å². The number of hydrogen-bond donors (Lipinski definition) is 1. The standard InChI is InChI=1S/C15H20N2O2/c16-15(7-4-8-15)14(18)17-9-10-19-13(11-17)12-5-2-1-3-6-12/h1-3,5-6,13H,4,7-11,16H2. The molecule has 0 bridgehead atoms. The minimum Gasteiger partial charge on any atom is -0.370 e. The second-order valence-electron chi connectivity index (χ2n) is 5.53. The van der Waals surface area contributed by atoms with Crippen LogP contribution in [0.25, 0.3) is 0 Å². The Morgan fingerprint density at radius 1 is 1.32 bits per heavy atom. The number of morpholine rings is 1. The molecule has 0 spiro atoms. The molecule has 0 aromatic heterocycles. The number of nitrogens with zero attached hydrogens (tertiary/aromatic N) is 1. The molecule has 2 fully saturated rings. The molecular weight excluding hydrogens is 240 g/mol. The molecule has 102 valence electrons. The first-order valence-electron chi connectivity index (χ1n) is 6.94. The third kappa shape index (κ3) is 2.38. The molecule has 1 aromatic rings. The highest BCUT2D eigenvalue weighted by Crippen LogP contribution is 2.32. The quantitative estimate of drug-likeness (QED) is 0.876. The Morgan fingerprint density at radius 3 is 2.68 bits per heavy atom. The summed E-state index contributed by atoms with van der Waals surface area (Å²) in [5, 5.41) is 0. The lowest BCUT2D eigenvalue weighted by Crippen LogP contribution is -2.61. The second kappa shape index (κ2) is 4.94. The fourth-order valence-electron chi connectivity index (χ4n) is 2.79. The molecular formula is C15H20N2O2. The fourth-order valence-corrected chi connectivity index (χ4v) is 2.79. The summed E-state index contributed by atoms with van der Waals surface area (Å²) in [5.74, 6) is 0.1000. The highest BCUT2D eigenvalue weighted by atomic mass is 16.5. The first kappa shape index (κ1) is 12.6. The molecule has 0 radical (unpaired) electrons. The molecule has 1 amide bonds. The third-order valence-electron chi connectivity index (χ3n) is 4.20. The summed E-state index contributed by atoms with van der Waals surface area (Å²) in [7, 11) is 0. The van der Waals surface area contributed by atoms with Crippen LogP contribution in [0.4, 0.5) is 0 Å². The van der Waals surface area contributed by atoms with E-state index in [0.29, 0.717) is 19.7 Å². The molecule has 1 aliphatic carbocycles. The average Bonchev–Trinajstić information content (AvgIpc) is 2.45. The van der Waals surface area contributed by atoms with E-state index in [2.05, 4.69) is 0 Å². The van der Waals surface area contributed by atoms with Gasteiger partial charge in [0.1, 0.15) is 6.10 Å². The van der Waals surface area contributed by atoms with Gasteiger partial charge in [0.15, 0.2) is 0 Å². The summed E-state index contributed by atoms with van der Waals surface area (Å²) in [6.07, 6.45) is 2.68. The third-order valence-corrected chi connectivity index (χ3v) is 4.20. The van der Waals surface area contributed by atoms with Gasteiger partial charge < -0.3 is 15.4 Å². The van der Waals surface area contributed by atoms with Crippen molar-refractivity contribution in [2.75, 3.05) is 19.7 Å². The molecule has 1 unspecified atom stereocenters. The number of amides is 1. The molecule has 1 heterocycles. The van der Waals surface area contributed by atoms with Crippen molar-refractivity contribution in [2.45, 2.75) is 30.9 Å². The summed E-state index contributed by atoms with van der Waals surface area (Å²) in [6.45, 7) is 1.85. The lowest BCUT2D eigenvalue weighted by atomic mass is 9.76. The maximum Gasteiger partial charge on any atom is 0.242 e. The van der Waals surface area contributed by atoms with Gasteiger partial charge in [0.05, 0.1) is 18.7 Å². The molecule has 4 heteroatoms. The van der Waals surface area contributed by atoms with Crippen LogP contribution in [0.1, 0.15) is 30.9 Å². The molecule has 4 nitrogen and oxygen atoms in total. The molecule has 2 aliphatic rings. The van der Waals surface area contributed by atoms with Crippen LogP contribution in [0, 0.1) is 0 Å². The van der Waals surface area contributed by atoms with Gasteiger partial charge in [0, 0.05) is 6.54 Å². The van der Waals surface area contributed by atoms with E-state index in [1.54, 1.807) is 0 Å². The Kier molecular flexibility index (Phi) is 3.29. The molecule has 1 saturated heterocycles. The van der Waals surface area contributed by atoms with Crippen LogP contribution >= 0.6 is 0 Å². The van der Waals surface area contributed by atoms with Crippen molar-refractivity contribution in [2.24, 2.45) is 5.73 Å². The molecule has 2 N–H and O–H groups in total. The maximum absolute atomic E-state index is 12.4. The van der Waals surface area contributed by atoms with Gasteiger partial charge in [-0.15, -0.1) is 0 Å². The Labute approximate surface area is 113 Å². The van der Waals surface area contributed by atoms with Crippen molar-refractivity contribution in [1.29, 1.82) is 0 Å². The topological polar surface area (TPSA) is 55.6 Å². The SMILES string of the molecule is NC1(C(=O)N2CCOC(c3ccccc3)C2)CCC1. The van der Waals surface area contributed by atoms with Crippen molar-refractivity contribution >= 4 is 5.91 Å². The molecule has 1 aliphatic heterocycles. The van der Waals surface area contributed by atoms with Gasteiger partial charge in [-0.1, -0.05) is 30.3 Å². The van der Waals surface area contributed by atoms with Crippen LogP contribution in [-0.4, -0.2) is 36.0 Å². The number of hydrogen-bond acceptors (Lipinski definition) is 3. The number of nitrogens with two attached hydrogens (primary N) is 1. The fraction of sp³-hybridized carbons (Fsp3) is 0.533. The molecule has 19 heavy (non-hydrogen) atoms. The number of benzene rings is 1. The molecule has 3 rings (SSSR count). The molecule has 1 aromatic carbocycles. The van der Waals surface area contributed by atoms with Gasteiger partial charge in [-0.2, -0.15) is 0 Å². The van der Waals surface area contributed by atoms with Crippen LogP contribution in [0.5, 0.6) is 0 Å². The number of carbonyl (C=O) groups is 1. The molecule has 1 atom stereocenters. The van der Waals surface area contributed by atoms with Gasteiger partial charge in [-0.05, 0) is 24.8 Å². The van der Waals surface area contributed by atoms with Crippen LogP contribution < -0.4 is 5.73 Å². The highest BCUT2D eigenvalue weighted by molar-refractivity contribution is 5.87. The summed E-state index contributed by atoms with van der Waals surface area (Å²) in [6, 6.07) is 10.1. The number of ether oxygens (including phenoxy) is 1. The summed E-state index contributed by atoms with van der Waals surface area (Å²) < 4.78 is 5.77. The van der Waals surface area contributed by atoms with E-state index in [-0.39, 0.29) is 12.0 Å². The number of carbonyl (C=O) groups excluding carboxylic acids is 1. The van der Waals surface area contributed by atoms with E-state index in [4.69, 9.17) is 10.5 Å². The zero-order valence-electron chi connectivity index (χ0n) is 11.0. The predicted molar refractivity (Wildman–Crippen MR) is 72.5 cm³/mol. The van der Waals surface area contributed by atoms with Crippen LogP contribution in [0.3, 0.4) is 0 Å². The predicted octanol–water partition coefficient (Wildman–Crippen LogP) is 1.47. The zero-order valence-corrected chi connectivity index (χ0v) is 11.0. The summed E-state index contributed by atoms with van der Waals surface area (Å²) in [4.78, 5) is 14.3. The van der Waals surface area contributed by atoms with Crippen LogP contribution in [-0.2, 0) is 9.53 Å². The molecule has 1 saturated carbocycles. The van der Waals surface area contributed by atoms with E-state index in [1.807, 2.05) is 35.2 Å². The van der Waals surface area contributed by atoms with Crippen molar-refractivity contribution in [3.8, 4) is 0 Å². The second-order valence-corrected chi connectivity index (χ2v) is 5.53. The van der Waals surface area contributed by atoms with Gasteiger partial charge in [-0.25, -0.2) is 0 Å². The van der Waals surface area contributed by atoms with Gasteiger partial charge >= 0.3 is 0 Å². The minimum atomic E-state index is -0.599. The van der Waals surface area contributed by atoms with Crippen molar-refractivity contribution in [1.82, 2.24) is 4.90 Å². The van der Waals surface area contributed by atoms with Crippen molar-refractivity contribution in [3.05, 3.63) is 35.9 Å². The first-order chi connectivity index (χ1) is 9.19. The lowest BCUT2D eigenvalue weighted by Gasteiger charge is -2.43. The van der Waals surface area contributed by atoms with Crippen LogP contribution in [0.2, 0.25) is 0 Å². The average molecular weight is 260 g/mol. The van der Waals surface area contributed by atoms with E-state index >= 15 is 0 Å². The summed E-state index contributed by atoms with van der Waals surface area (Å²) >= 11 is 0. The first-order valence-corrected chi connectivity index (χ1v) is 6.94. The van der Waals surface area contributed by atoms with Crippen molar-refractivity contribution in [3.63, 3.8) is 0 Å². The highest BCUT2D eigenvalue weighted by Gasteiger charge is 2.43. The van der Waals surface area contributed by atoms with Crippen LogP contribution in [0.15, 0.2) is 30.3 Å².